The number of hydrogen-bond donors (Lipinski definition) is 0. The maximum Gasteiger partial charge on any atom is 0.0846 e. The van der Waals surface area contributed by atoms with E-state index in [1.54, 1.807) is 0 Å². The van der Waals surface area contributed by atoms with Crippen LogP contribution in [-0.2, 0) is 5.41 Å². The van der Waals surface area contributed by atoms with Gasteiger partial charge in [-0.2, -0.15) is 5.26 Å². The molecular formula is C17H19ClN2. The number of fused-ring (bicyclic) bond motifs is 1. The van der Waals surface area contributed by atoms with Crippen LogP contribution in [0, 0.1) is 11.3 Å². The molecule has 2 nitrogen and oxygen atoms in total. The Hall–Kier alpha value is -1.56. The molecule has 0 unspecified atom stereocenters. The van der Waals surface area contributed by atoms with Gasteiger partial charge in [0.15, 0.2) is 0 Å². The lowest BCUT2D eigenvalue weighted by molar-refractivity contribution is 0.222. The fourth-order valence-electron chi connectivity index (χ4n) is 2.95. The average Bonchev–Trinajstić information content (AvgIpc) is 2.48. The Morgan fingerprint density at radius 3 is 2.35 bits per heavy atom. The van der Waals surface area contributed by atoms with Crippen molar-refractivity contribution in [3.8, 4) is 6.07 Å². The predicted molar refractivity (Wildman–Crippen MR) is 85.2 cm³/mol. The Labute approximate surface area is 126 Å². The molecule has 0 radical (unpaired) electrons. The van der Waals surface area contributed by atoms with E-state index in [0.717, 1.165) is 25.9 Å². The first kappa shape index (κ1) is 14.8. The SMILES string of the molecule is CN1CCC(C#N)(c2ccc3ccccc3c2)CC1.Cl. The Morgan fingerprint density at radius 2 is 1.70 bits per heavy atom. The van der Waals surface area contributed by atoms with Crippen molar-refractivity contribution in [1.82, 2.24) is 4.90 Å². The van der Waals surface area contributed by atoms with Gasteiger partial charge in [-0.25, -0.2) is 0 Å². The lowest BCUT2D eigenvalue weighted by Crippen LogP contribution is -2.39. The first-order chi connectivity index (χ1) is 9.23. The van der Waals surface area contributed by atoms with Crippen molar-refractivity contribution in [2.75, 3.05) is 20.1 Å². The third kappa shape index (κ3) is 2.52. The van der Waals surface area contributed by atoms with Crippen molar-refractivity contribution in [2.45, 2.75) is 18.3 Å². The number of nitriles is 1. The fraction of sp³-hybridized carbons (Fsp3) is 0.353. The summed E-state index contributed by atoms with van der Waals surface area (Å²) in [6, 6.07) is 17.4. The minimum atomic E-state index is -0.295. The van der Waals surface area contributed by atoms with E-state index in [2.05, 4.69) is 60.5 Å². The van der Waals surface area contributed by atoms with Crippen LogP contribution in [0.3, 0.4) is 0 Å². The lowest BCUT2D eigenvalue weighted by Gasteiger charge is -2.36. The van der Waals surface area contributed by atoms with Gasteiger partial charge in [0.25, 0.3) is 0 Å². The number of hydrogen-bond acceptors (Lipinski definition) is 2. The summed E-state index contributed by atoms with van der Waals surface area (Å²) in [5, 5.41) is 12.2. The summed E-state index contributed by atoms with van der Waals surface area (Å²) < 4.78 is 0. The number of nitrogens with zero attached hydrogens (tertiary/aromatic N) is 2. The van der Waals surface area contributed by atoms with Gasteiger partial charge >= 0.3 is 0 Å². The summed E-state index contributed by atoms with van der Waals surface area (Å²) in [4.78, 5) is 2.30. The third-order valence-corrected chi connectivity index (χ3v) is 4.36. The topological polar surface area (TPSA) is 27.0 Å². The molecule has 1 fully saturated rings. The van der Waals surface area contributed by atoms with E-state index in [-0.39, 0.29) is 17.8 Å². The van der Waals surface area contributed by atoms with Crippen LogP contribution >= 0.6 is 12.4 Å². The first-order valence-electron chi connectivity index (χ1n) is 6.83. The predicted octanol–water partition coefficient (Wildman–Crippen LogP) is 3.75. The quantitative estimate of drug-likeness (QED) is 0.798. The Morgan fingerprint density at radius 1 is 1.05 bits per heavy atom. The number of likely N-dealkylation sites (tertiary alicyclic amines) is 1. The summed E-state index contributed by atoms with van der Waals surface area (Å²) in [7, 11) is 2.13. The van der Waals surface area contributed by atoms with E-state index in [9.17, 15) is 5.26 Å². The standard InChI is InChI=1S/C17H18N2.ClH/c1-19-10-8-17(13-18,9-11-19)16-7-6-14-4-2-3-5-15(14)12-16;/h2-7,12H,8-11H2,1H3;1H. The largest absolute Gasteiger partial charge is 0.306 e. The molecule has 1 aliphatic rings. The van der Waals surface area contributed by atoms with Crippen molar-refractivity contribution in [1.29, 1.82) is 5.26 Å². The molecule has 1 aliphatic heterocycles. The molecule has 1 heterocycles. The van der Waals surface area contributed by atoms with Gasteiger partial charge in [-0.15, -0.1) is 12.4 Å². The molecule has 2 aromatic rings. The highest BCUT2D eigenvalue weighted by atomic mass is 35.5. The normalized spacial score (nSPS) is 18.2. The van der Waals surface area contributed by atoms with Crippen LogP contribution in [0.5, 0.6) is 0 Å². The number of rotatable bonds is 1. The highest BCUT2D eigenvalue weighted by Crippen LogP contribution is 2.35. The summed E-state index contributed by atoms with van der Waals surface area (Å²) in [5.74, 6) is 0. The van der Waals surface area contributed by atoms with Crippen molar-refractivity contribution >= 4 is 23.2 Å². The lowest BCUT2D eigenvalue weighted by atomic mass is 9.73. The molecule has 104 valence electrons. The van der Waals surface area contributed by atoms with Crippen LogP contribution in [0.2, 0.25) is 0 Å². The first-order valence-corrected chi connectivity index (χ1v) is 6.83. The number of halogens is 1. The van der Waals surface area contributed by atoms with Gasteiger partial charge in [-0.3, -0.25) is 0 Å². The van der Waals surface area contributed by atoms with Gasteiger partial charge in [-0.05, 0) is 55.4 Å². The molecule has 20 heavy (non-hydrogen) atoms. The second-order valence-corrected chi connectivity index (χ2v) is 5.56. The molecule has 0 aliphatic carbocycles. The molecule has 0 atom stereocenters. The van der Waals surface area contributed by atoms with Crippen LogP contribution in [0.1, 0.15) is 18.4 Å². The molecule has 2 aromatic carbocycles. The third-order valence-electron chi connectivity index (χ3n) is 4.36. The molecule has 0 saturated carbocycles. The van der Waals surface area contributed by atoms with E-state index >= 15 is 0 Å². The molecule has 3 heteroatoms. The monoisotopic (exact) mass is 286 g/mol. The van der Waals surface area contributed by atoms with Crippen LogP contribution in [0.4, 0.5) is 0 Å². The summed E-state index contributed by atoms with van der Waals surface area (Å²) in [6.45, 7) is 2.00. The van der Waals surface area contributed by atoms with Crippen molar-refractivity contribution in [2.24, 2.45) is 0 Å². The Kier molecular flexibility index (Phi) is 4.32. The van der Waals surface area contributed by atoms with E-state index < -0.39 is 0 Å². The minimum absolute atomic E-state index is 0. The Bertz CT molecular complexity index is 637. The number of piperidine rings is 1. The van der Waals surface area contributed by atoms with E-state index in [1.165, 1.54) is 16.3 Å². The van der Waals surface area contributed by atoms with Gasteiger partial charge in [0.2, 0.25) is 0 Å². The van der Waals surface area contributed by atoms with Gasteiger partial charge in [-0.1, -0.05) is 36.4 Å². The maximum absolute atomic E-state index is 9.68. The molecule has 0 bridgehead atoms. The van der Waals surface area contributed by atoms with Crippen molar-refractivity contribution < 1.29 is 0 Å². The molecule has 0 aromatic heterocycles. The van der Waals surface area contributed by atoms with Crippen molar-refractivity contribution in [3.63, 3.8) is 0 Å². The van der Waals surface area contributed by atoms with Crippen molar-refractivity contribution in [3.05, 3.63) is 48.0 Å². The van der Waals surface area contributed by atoms with Gasteiger partial charge < -0.3 is 4.90 Å². The minimum Gasteiger partial charge on any atom is -0.306 e. The summed E-state index contributed by atoms with van der Waals surface area (Å²) in [6.07, 6.45) is 1.86. The molecule has 3 rings (SSSR count). The molecule has 0 amide bonds. The van der Waals surface area contributed by atoms with Gasteiger partial charge in [0.1, 0.15) is 0 Å². The second-order valence-electron chi connectivity index (χ2n) is 5.56. The van der Waals surface area contributed by atoms with Gasteiger partial charge in [0.05, 0.1) is 11.5 Å². The zero-order valence-corrected chi connectivity index (χ0v) is 12.5. The van der Waals surface area contributed by atoms with Crippen LogP contribution < -0.4 is 0 Å². The highest BCUT2D eigenvalue weighted by Gasteiger charge is 2.35. The highest BCUT2D eigenvalue weighted by molar-refractivity contribution is 5.85. The molecular weight excluding hydrogens is 268 g/mol. The van der Waals surface area contributed by atoms with E-state index in [0.29, 0.717) is 0 Å². The molecule has 0 spiro atoms. The molecule has 0 N–H and O–H groups in total. The van der Waals surface area contributed by atoms with Gasteiger partial charge in [0, 0.05) is 0 Å². The maximum atomic E-state index is 9.68. The second kappa shape index (κ2) is 5.83. The van der Waals surface area contributed by atoms with Crippen LogP contribution in [-0.4, -0.2) is 25.0 Å². The molecule has 1 saturated heterocycles. The fourth-order valence-corrected chi connectivity index (χ4v) is 2.95. The summed E-state index contributed by atoms with van der Waals surface area (Å²) >= 11 is 0. The summed E-state index contributed by atoms with van der Waals surface area (Å²) in [5.41, 5.74) is 0.887. The average molecular weight is 287 g/mol. The van der Waals surface area contributed by atoms with E-state index in [4.69, 9.17) is 0 Å². The van der Waals surface area contributed by atoms with E-state index in [1.807, 2.05) is 0 Å². The smallest absolute Gasteiger partial charge is 0.0846 e. The Balaban J connectivity index is 0.00000147. The number of benzene rings is 2. The zero-order valence-electron chi connectivity index (χ0n) is 11.7. The van der Waals surface area contributed by atoms with Crippen LogP contribution in [0.15, 0.2) is 42.5 Å². The zero-order chi connectivity index (χ0) is 13.3. The van der Waals surface area contributed by atoms with Crippen LogP contribution in [0.25, 0.3) is 10.8 Å².